The molecule has 0 spiro atoms. The summed E-state index contributed by atoms with van der Waals surface area (Å²) in [5, 5.41) is 12.0. The monoisotopic (exact) mass is 270 g/mol. The van der Waals surface area contributed by atoms with Crippen molar-refractivity contribution in [2.75, 3.05) is 11.9 Å². The van der Waals surface area contributed by atoms with E-state index in [9.17, 15) is 8.42 Å². The minimum atomic E-state index is -3.37. The van der Waals surface area contributed by atoms with Crippen molar-refractivity contribution in [3.63, 3.8) is 0 Å². The average molecular weight is 270 g/mol. The summed E-state index contributed by atoms with van der Waals surface area (Å²) in [5.41, 5.74) is 0.793. The topological polar surface area (TPSA) is 78.4 Å². The lowest BCUT2D eigenvalue weighted by Gasteiger charge is -2.12. The molecule has 0 amide bonds. The summed E-state index contributed by atoms with van der Waals surface area (Å²) in [6.45, 7) is 1.88. The number of aliphatic hydroxyl groups excluding tert-OH is 1. The van der Waals surface area contributed by atoms with Crippen LogP contribution in [0.15, 0.2) is 29.2 Å². The van der Waals surface area contributed by atoms with Crippen LogP contribution >= 0.6 is 0 Å². The zero-order valence-corrected chi connectivity index (χ0v) is 11.1. The molecular formula is C12H18N2O3S. The molecule has 1 atom stereocenters. The molecule has 1 aromatic carbocycles. The molecule has 0 heterocycles. The molecule has 1 fully saturated rings. The fraction of sp³-hybridized carbons (Fsp3) is 0.500. The van der Waals surface area contributed by atoms with Crippen molar-refractivity contribution in [3.8, 4) is 0 Å². The van der Waals surface area contributed by atoms with Crippen LogP contribution < -0.4 is 10.0 Å². The summed E-state index contributed by atoms with van der Waals surface area (Å²) in [7, 11) is -3.37. The number of aliphatic hydroxyl groups is 1. The van der Waals surface area contributed by atoms with Crippen LogP contribution in [0.2, 0.25) is 0 Å². The van der Waals surface area contributed by atoms with Crippen LogP contribution in [0.1, 0.15) is 19.8 Å². The molecule has 1 aliphatic carbocycles. The predicted molar refractivity (Wildman–Crippen MR) is 70.0 cm³/mol. The first-order chi connectivity index (χ1) is 8.51. The fourth-order valence-electron chi connectivity index (χ4n) is 1.55. The zero-order chi connectivity index (χ0) is 13.2. The quantitative estimate of drug-likeness (QED) is 0.718. The van der Waals surface area contributed by atoms with Gasteiger partial charge in [-0.25, -0.2) is 13.1 Å². The van der Waals surface area contributed by atoms with E-state index in [4.69, 9.17) is 5.11 Å². The van der Waals surface area contributed by atoms with Crippen molar-refractivity contribution >= 4 is 15.7 Å². The second kappa shape index (κ2) is 5.26. The lowest BCUT2D eigenvalue weighted by molar-refractivity contribution is 0.281. The summed E-state index contributed by atoms with van der Waals surface area (Å²) in [4.78, 5) is 0.275. The Labute approximate surface area is 107 Å². The Kier molecular flexibility index (Phi) is 3.89. The number of benzene rings is 1. The molecule has 1 unspecified atom stereocenters. The number of hydrogen-bond acceptors (Lipinski definition) is 4. The molecule has 0 aliphatic heterocycles. The number of rotatable bonds is 6. The van der Waals surface area contributed by atoms with Gasteiger partial charge in [-0.05, 0) is 44.0 Å². The van der Waals surface area contributed by atoms with Crippen molar-refractivity contribution in [1.82, 2.24) is 4.72 Å². The second-order valence-electron chi connectivity index (χ2n) is 4.65. The SMILES string of the molecule is CC(CO)Nc1ccc(S(=O)(=O)NC2CC2)cc1. The Balaban J connectivity index is 2.06. The molecule has 3 N–H and O–H groups in total. The van der Waals surface area contributed by atoms with Crippen molar-refractivity contribution in [2.24, 2.45) is 0 Å². The summed E-state index contributed by atoms with van der Waals surface area (Å²) < 4.78 is 26.4. The van der Waals surface area contributed by atoms with Crippen LogP contribution in [0, 0.1) is 0 Å². The summed E-state index contributed by atoms with van der Waals surface area (Å²) >= 11 is 0. The van der Waals surface area contributed by atoms with Gasteiger partial charge in [0.1, 0.15) is 0 Å². The molecule has 0 aromatic heterocycles. The van der Waals surface area contributed by atoms with E-state index in [1.165, 1.54) is 0 Å². The van der Waals surface area contributed by atoms with E-state index in [2.05, 4.69) is 10.0 Å². The maximum atomic E-state index is 11.9. The molecule has 1 aromatic rings. The number of sulfonamides is 1. The molecule has 2 rings (SSSR count). The highest BCUT2D eigenvalue weighted by Crippen LogP contribution is 2.22. The van der Waals surface area contributed by atoms with Crippen molar-refractivity contribution in [1.29, 1.82) is 0 Å². The standard InChI is InChI=1S/C12H18N2O3S/c1-9(8-15)13-10-4-6-12(7-5-10)18(16,17)14-11-2-3-11/h4-7,9,11,13-15H,2-3,8H2,1H3. The Morgan fingerprint density at radius 3 is 2.44 bits per heavy atom. The first kappa shape index (κ1) is 13.3. The Morgan fingerprint density at radius 1 is 1.33 bits per heavy atom. The Bertz CT molecular complexity index is 495. The van der Waals surface area contributed by atoms with Gasteiger partial charge in [0, 0.05) is 17.8 Å². The number of nitrogens with one attached hydrogen (secondary N) is 2. The molecule has 18 heavy (non-hydrogen) atoms. The second-order valence-corrected chi connectivity index (χ2v) is 6.36. The highest BCUT2D eigenvalue weighted by atomic mass is 32.2. The molecule has 1 aliphatic rings. The highest BCUT2D eigenvalue weighted by molar-refractivity contribution is 7.89. The van der Waals surface area contributed by atoms with Crippen molar-refractivity contribution in [2.45, 2.75) is 36.7 Å². The number of hydrogen-bond donors (Lipinski definition) is 3. The van der Waals surface area contributed by atoms with Gasteiger partial charge in [-0.2, -0.15) is 0 Å². The van der Waals surface area contributed by atoms with Crippen LogP contribution in [0.25, 0.3) is 0 Å². The van der Waals surface area contributed by atoms with E-state index in [-0.39, 0.29) is 23.6 Å². The van der Waals surface area contributed by atoms with E-state index >= 15 is 0 Å². The Hall–Kier alpha value is -1.11. The normalized spacial score (nSPS) is 17.4. The van der Waals surface area contributed by atoms with E-state index in [0.29, 0.717) is 0 Å². The first-order valence-corrected chi connectivity index (χ1v) is 7.49. The van der Waals surface area contributed by atoms with Gasteiger partial charge < -0.3 is 10.4 Å². The summed E-state index contributed by atoms with van der Waals surface area (Å²) in [5.74, 6) is 0. The number of anilines is 1. The van der Waals surface area contributed by atoms with Gasteiger partial charge in [0.05, 0.1) is 11.5 Å². The smallest absolute Gasteiger partial charge is 0.240 e. The van der Waals surface area contributed by atoms with E-state index in [1.807, 2.05) is 6.92 Å². The molecule has 0 bridgehead atoms. The highest BCUT2D eigenvalue weighted by Gasteiger charge is 2.27. The van der Waals surface area contributed by atoms with Gasteiger partial charge in [-0.1, -0.05) is 0 Å². The average Bonchev–Trinajstić information content (AvgIpc) is 3.13. The largest absolute Gasteiger partial charge is 0.394 e. The van der Waals surface area contributed by atoms with Crippen LogP contribution in [-0.4, -0.2) is 32.2 Å². The maximum absolute atomic E-state index is 11.9. The minimum absolute atomic E-state index is 0.0310. The van der Waals surface area contributed by atoms with Gasteiger partial charge >= 0.3 is 0 Å². The lowest BCUT2D eigenvalue weighted by atomic mass is 10.3. The third-order valence-electron chi connectivity index (χ3n) is 2.75. The van der Waals surface area contributed by atoms with Crippen LogP contribution in [0.3, 0.4) is 0 Å². The summed E-state index contributed by atoms with van der Waals surface area (Å²) in [6.07, 6.45) is 1.85. The summed E-state index contributed by atoms with van der Waals surface area (Å²) in [6, 6.07) is 6.59. The van der Waals surface area contributed by atoms with E-state index in [0.717, 1.165) is 18.5 Å². The third kappa shape index (κ3) is 3.44. The molecule has 0 saturated heterocycles. The lowest BCUT2D eigenvalue weighted by Crippen LogP contribution is -2.25. The van der Waals surface area contributed by atoms with E-state index in [1.54, 1.807) is 24.3 Å². The molecular weight excluding hydrogens is 252 g/mol. The van der Waals surface area contributed by atoms with Gasteiger partial charge in [-0.15, -0.1) is 0 Å². The molecule has 1 saturated carbocycles. The van der Waals surface area contributed by atoms with Gasteiger partial charge in [-0.3, -0.25) is 0 Å². The first-order valence-electron chi connectivity index (χ1n) is 6.01. The molecule has 100 valence electrons. The molecule has 5 nitrogen and oxygen atoms in total. The van der Waals surface area contributed by atoms with Gasteiger partial charge in [0.15, 0.2) is 0 Å². The molecule has 6 heteroatoms. The third-order valence-corrected chi connectivity index (χ3v) is 4.29. The van der Waals surface area contributed by atoms with Gasteiger partial charge in [0.25, 0.3) is 0 Å². The zero-order valence-electron chi connectivity index (χ0n) is 10.3. The van der Waals surface area contributed by atoms with Crippen LogP contribution in [-0.2, 0) is 10.0 Å². The van der Waals surface area contributed by atoms with Crippen LogP contribution in [0.4, 0.5) is 5.69 Å². The Morgan fingerprint density at radius 2 is 1.94 bits per heavy atom. The van der Waals surface area contributed by atoms with E-state index < -0.39 is 10.0 Å². The fourth-order valence-corrected chi connectivity index (χ4v) is 2.85. The minimum Gasteiger partial charge on any atom is -0.394 e. The predicted octanol–water partition coefficient (Wildman–Crippen LogP) is 0.920. The molecule has 0 radical (unpaired) electrons. The van der Waals surface area contributed by atoms with Gasteiger partial charge in [0.2, 0.25) is 10.0 Å². The van der Waals surface area contributed by atoms with Crippen LogP contribution in [0.5, 0.6) is 0 Å². The van der Waals surface area contributed by atoms with Crippen molar-refractivity contribution < 1.29 is 13.5 Å². The van der Waals surface area contributed by atoms with Crippen molar-refractivity contribution in [3.05, 3.63) is 24.3 Å². The maximum Gasteiger partial charge on any atom is 0.240 e.